The number of carbonyl (C=O) groups is 1. The van der Waals surface area contributed by atoms with Gasteiger partial charge in [-0.1, -0.05) is 327 Å². The molecular formula is C68H135N2O6P. The first-order valence-corrected chi connectivity index (χ1v) is 35.6. The lowest BCUT2D eigenvalue weighted by Gasteiger charge is -2.30. The molecule has 0 aromatic carbocycles. The Morgan fingerprint density at radius 2 is 0.753 bits per heavy atom. The maximum atomic E-state index is 13.0. The van der Waals surface area contributed by atoms with Crippen molar-refractivity contribution in [1.82, 2.24) is 5.32 Å². The molecule has 0 fully saturated rings. The smallest absolute Gasteiger partial charge is 0.268 e. The van der Waals surface area contributed by atoms with E-state index < -0.39 is 20.0 Å². The van der Waals surface area contributed by atoms with Crippen molar-refractivity contribution in [3.8, 4) is 0 Å². The number of allylic oxidation sites excluding steroid dienone is 4. The molecule has 0 saturated carbocycles. The Hall–Kier alpha value is -1.02. The van der Waals surface area contributed by atoms with Crippen LogP contribution in [0.5, 0.6) is 0 Å². The van der Waals surface area contributed by atoms with Crippen LogP contribution in [0.4, 0.5) is 0 Å². The zero-order valence-electron chi connectivity index (χ0n) is 52.4. The van der Waals surface area contributed by atoms with Crippen LogP contribution in [-0.4, -0.2) is 68.5 Å². The van der Waals surface area contributed by atoms with Crippen LogP contribution in [0.2, 0.25) is 0 Å². The summed E-state index contributed by atoms with van der Waals surface area (Å²) in [5, 5.41) is 14.1. The zero-order valence-corrected chi connectivity index (χ0v) is 53.3. The van der Waals surface area contributed by atoms with Gasteiger partial charge in [0.2, 0.25) is 5.91 Å². The van der Waals surface area contributed by atoms with Crippen LogP contribution in [0.15, 0.2) is 24.3 Å². The maximum Gasteiger partial charge on any atom is 0.268 e. The summed E-state index contributed by atoms with van der Waals surface area (Å²) in [5.41, 5.74) is 0. The van der Waals surface area contributed by atoms with Crippen molar-refractivity contribution < 1.29 is 32.9 Å². The van der Waals surface area contributed by atoms with Crippen LogP contribution in [0.3, 0.4) is 0 Å². The molecule has 0 rings (SSSR count). The number of hydrogen-bond donors (Lipinski definition) is 2. The number of nitrogens with one attached hydrogen (secondary N) is 1. The van der Waals surface area contributed by atoms with Crippen molar-refractivity contribution in [2.24, 2.45) is 0 Å². The van der Waals surface area contributed by atoms with E-state index in [-0.39, 0.29) is 19.1 Å². The highest BCUT2D eigenvalue weighted by Gasteiger charge is 2.24. The van der Waals surface area contributed by atoms with Gasteiger partial charge in [-0.25, -0.2) is 0 Å². The monoisotopic (exact) mass is 1110 g/mol. The number of phosphoric acid groups is 1. The van der Waals surface area contributed by atoms with Gasteiger partial charge in [0.25, 0.3) is 7.82 Å². The van der Waals surface area contributed by atoms with Gasteiger partial charge in [-0.2, -0.15) is 0 Å². The van der Waals surface area contributed by atoms with Gasteiger partial charge in [0.05, 0.1) is 39.9 Å². The lowest BCUT2D eigenvalue weighted by atomic mass is 10.0. The van der Waals surface area contributed by atoms with Gasteiger partial charge >= 0.3 is 0 Å². The van der Waals surface area contributed by atoms with E-state index in [1.54, 1.807) is 0 Å². The van der Waals surface area contributed by atoms with Crippen molar-refractivity contribution in [1.29, 1.82) is 0 Å². The number of aliphatic hydroxyl groups excluding tert-OH is 1. The second kappa shape index (κ2) is 59.6. The predicted molar refractivity (Wildman–Crippen MR) is 335 cm³/mol. The first kappa shape index (κ1) is 76.0. The highest BCUT2D eigenvalue weighted by molar-refractivity contribution is 7.45. The summed E-state index contributed by atoms with van der Waals surface area (Å²) < 4.78 is 23.5. The molecule has 8 nitrogen and oxygen atoms in total. The van der Waals surface area contributed by atoms with Gasteiger partial charge in [0.15, 0.2) is 0 Å². The van der Waals surface area contributed by atoms with Crippen molar-refractivity contribution in [2.45, 2.75) is 366 Å². The summed E-state index contributed by atoms with van der Waals surface area (Å²) in [7, 11) is 1.32. The van der Waals surface area contributed by atoms with E-state index in [0.29, 0.717) is 23.9 Å². The molecule has 9 heteroatoms. The molecule has 0 heterocycles. The van der Waals surface area contributed by atoms with Crippen LogP contribution in [0.1, 0.15) is 354 Å². The minimum Gasteiger partial charge on any atom is -0.756 e. The zero-order chi connectivity index (χ0) is 56.3. The topological polar surface area (TPSA) is 108 Å². The van der Waals surface area contributed by atoms with Crippen molar-refractivity contribution in [3.63, 3.8) is 0 Å². The Balaban J connectivity index is 3.94. The third kappa shape index (κ3) is 62.4. The molecule has 77 heavy (non-hydrogen) atoms. The summed E-state index contributed by atoms with van der Waals surface area (Å²) in [6.07, 6.45) is 76.8. The molecule has 458 valence electrons. The highest BCUT2D eigenvalue weighted by atomic mass is 31.2. The van der Waals surface area contributed by atoms with E-state index in [0.717, 1.165) is 44.9 Å². The number of nitrogens with zero attached hydrogens (tertiary/aromatic N) is 1. The lowest BCUT2D eigenvalue weighted by Crippen LogP contribution is -2.46. The highest BCUT2D eigenvalue weighted by Crippen LogP contribution is 2.38. The van der Waals surface area contributed by atoms with E-state index in [4.69, 9.17) is 9.05 Å². The number of quaternary nitrogens is 1. The Bertz CT molecular complexity index is 1300. The molecule has 0 aliphatic heterocycles. The summed E-state index contributed by atoms with van der Waals surface area (Å²) >= 11 is 0. The van der Waals surface area contributed by atoms with Crippen molar-refractivity contribution in [2.75, 3.05) is 40.9 Å². The Labute approximate surface area is 481 Å². The molecule has 0 aliphatic rings. The van der Waals surface area contributed by atoms with Crippen molar-refractivity contribution >= 4 is 13.7 Å². The molecule has 0 aromatic heterocycles. The first-order valence-electron chi connectivity index (χ1n) is 34.2. The van der Waals surface area contributed by atoms with Crippen LogP contribution in [0, 0.1) is 0 Å². The average molecular weight is 1110 g/mol. The molecule has 0 aliphatic carbocycles. The average Bonchev–Trinajstić information content (AvgIpc) is 3.39. The molecule has 0 radical (unpaired) electrons. The fourth-order valence-electron chi connectivity index (χ4n) is 10.6. The molecule has 0 saturated heterocycles. The molecule has 0 aromatic rings. The molecule has 1 amide bonds. The second-order valence-electron chi connectivity index (χ2n) is 24.9. The number of unbranched alkanes of at least 4 members (excludes halogenated alkanes) is 47. The minimum absolute atomic E-state index is 0.0146. The lowest BCUT2D eigenvalue weighted by molar-refractivity contribution is -0.870. The molecule has 3 unspecified atom stereocenters. The van der Waals surface area contributed by atoms with Crippen LogP contribution in [-0.2, 0) is 18.4 Å². The van der Waals surface area contributed by atoms with Gasteiger partial charge in [-0.15, -0.1) is 0 Å². The van der Waals surface area contributed by atoms with Gasteiger partial charge in [-0.05, 0) is 44.9 Å². The molecule has 2 N–H and O–H groups in total. The summed E-state index contributed by atoms with van der Waals surface area (Å²) in [6.45, 7) is 4.78. The number of amides is 1. The van der Waals surface area contributed by atoms with E-state index in [1.807, 2.05) is 21.1 Å². The Morgan fingerprint density at radius 1 is 0.455 bits per heavy atom. The van der Waals surface area contributed by atoms with E-state index >= 15 is 0 Å². The molecule has 0 bridgehead atoms. The van der Waals surface area contributed by atoms with Crippen molar-refractivity contribution in [3.05, 3.63) is 24.3 Å². The summed E-state index contributed by atoms with van der Waals surface area (Å²) in [5.74, 6) is -0.158. The van der Waals surface area contributed by atoms with Crippen LogP contribution >= 0.6 is 7.82 Å². The summed E-state index contributed by atoms with van der Waals surface area (Å²) in [4.78, 5) is 25.6. The number of likely N-dealkylation sites (N-methyl/N-ethyl adjacent to an activating group) is 1. The van der Waals surface area contributed by atoms with E-state index in [2.05, 4.69) is 43.5 Å². The normalized spacial score (nSPS) is 13.8. The van der Waals surface area contributed by atoms with Crippen LogP contribution in [0.25, 0.3) is 0 Å². The number of hydrogen-bond acceptors (Lipinski definition) is 6. The molecular weight excluding hydrogens is 972 g/mol. The van der Waals surface area contributed by atoms with Gasteiger partial charge < -0.3 is 28.8 Å². The first-order chi connectivity index (χ1) is 37.5. The largest absolute Gasteiger partial charge is 0.756 e. The fraction of sp³-hybridized carbons (Fsp3) is 0.926. The quantitative estimate of drug-likeness (QED) is 0.0272. The van der Waals surface area contributed by atoms with Crippen LogP contribution < -0.4 is 10.2 Å². The third-order valence-electron chi connectivity index (χ3n) is 15.9. The number of aliphatic hydroxyl groups is 1. The summed E-state index contributed by atoms with van der Waals surface area (Å²) in [6, 6.07) is -0.799. The van der Waals surface area contributed by atoms with E-state index in [9.17, 15) is 19.4 Å². The van der Waals surface area contributed by atoms with Gasteiger partial charge in [-0.3, -0.25) is 9.36 Å². The van der Waals surface area contributed by atoms with E-state index in [1.165, 1.54) is 283 Å². The maximum absolute atomic E-state index is 13.0. The number of carbonyl (C=O) groups excluding carboxylic acids is 1. The second-order valence-corrected chi connectivity index (χ2v) is 26.3. The predicted octanol–water partition coefficient (Wildman–Crippen LogP) is 20.9. The Kier molecular flexibility index (Phi) is 58.8. The fourth-order valence-corrected chi connectivity index (χ4v) is 11.3. The van der Waals surface area contributed by atoms with Gasteiger partial charge in [0, 0.05) is 6.42 Å². The van der Waals surface area contributed by atoms with Gasteiger partial charge in [0.1, 0.15) is 13.2 Å². The number of phosphoric ester groups is 1. The SMILES string of the molecule is CCCCCCCCCCCCCCC/C=C\C/C=C\CCCCCCCCCCCCCCCCCCCC(=O)NC(COP(=O)([O-])OCC[N+](C)(C)C)C(O)CCCCCCCCCCCCCCCCCCCC. The molecule has 0 spiro atoms. The number of rotatable bonds is 64. The molecule has 3 atom stereocenters. The standard InChI is InChI=1S/C68H135N2O6P/c1-6-8-10-12-14-16-18-20-22-24-26-27-28-29-30-31-32-33-34-35-36-37-38-39-40-41-42-43-44-46-48-50-52-54-56-58-60-62-68(72)69-66(65-76-77(73,74)75-64-63-70(3,4)5)67(71)61-59-57-55-53-51-49-47-45-25-23-21-19-17-15-13-11-9-7-2/h30-31,33-34,66-67,71H,6-29,32,35-65H2,1-5H3,(H-,69,72,73,74)/b31-30-,34-33-. The minimum atomic E-state index is -4.57. The third-order valence-corrected chi connectivity index (χ3v) is 16.9. The Morgan fingerprint density at radius 3 is 1.08 bits per heavy atom.